The van der Waals surface area contributed by atoms with Gasteiger partial charge >= 0.3 is 0 Å². The van der Waals surface area contributed by atoms with Crippen molar-refractivity contribution >= 4 is 5.82 Å². The van der Waals surface area contributed by atoms with E-state index in [0.29, 0.717) is 6.04 Å². The lowest BCUT2D eigenvalue weighted by molar-refractivity contribution is 0.311. The summed E-state index contributed by atoms with van der Waals surface area (Å²) < 4.78 is 0. The van der Waals surface area contributed by atoms with Gasteiger partial charge in [-0.15, -0.1) is 0 Å². The average molecular weight is 262 g/mol. The molecule has 1 aromatic heterocycles. The van der Waals surface area contributed by atoms with E-state index in [4.69, 9.17) is 0 Å². The van der Waals surface area contributed by atoms with Crippen LogP contribution >= 0.6 is 0 Å². The Morgan fingerprint density at radius 1 is 1.32 bits per heavy atom. The second kappa shape index (κ2) is 6.87. The molecule has 0 spiro atoms. The summed E-state index contributed by atoms with van der Waals surface area (Å²) in [5, 5.41) is 3.56. The maximum Gasteiger partial charge on any atom is 0.133 e. The van der Waals surface area contributed by atoms with Crippen LogP contribution in [0.1, 0.15) is 31.9 Å². The Morgan fingerprint density at radius 2 is 2.05 bits per heavy atom. The molecule has 1 unspecified atom stereocenters. The van der Waals surface area contributed by atoms with E-state index in [-0.39, 0.29) is 0 Å². The van der Waals surface area contributed by atoms with Crippen molar-refractivity contribution in [3.63, 3.8) is 0 Å². The van der Waals surface area contributed by atoms with E-state index < -0.39 is 0 Å². The Balaban J connectivity index is 2.11. The Bertz CT molecular complexity index is 385. The zero-order valence-corrected chi connectivity index (χ0v) is 12.4. The minimum atomic E-state index is 0.364. The number of hydrogen-bond acceptors (Lipinski definition) is 4. The minimum Gasteiger partial charge on any atom is -0.354 e. The van der Waals surface area contributed by atoms with Crippen LogP contribution < -0.4 is 10.2 Å². The molecule has 1 saturated heterocycles. The normalized spacial score (nSPS) is 18.6. The molecule has 2 rings (SSSR count). The van der Waals surface area contributed by atoms with Gasteiger partial charge in [-0.2, -0.15) is 0 Å². The second-order valence-corrected chi connectivity index (χ2v) is 5.38. The van der Waals surface area contributed by atoms with Crippen LogP contribution in [0, 0.1) is 0 Å². The molecule has 0 radical (unpaired) electrons. The molecule has 19 heavy (non-hydrogen) atoms. The predicted octanol–water partition coefficient (Wildman–Crippen LogP) is 1.89. The van der Waals surface area contributed by atoms with Crippen molar-refractivity contribution in [3.8, 4) is 0 Å². The molecular weight excluding hydrogens is 236 g/mol. The van der Waals surface area contributed by atoms with Gasteiger partial charge < -0.3 is 15.1 Å². The average Bonchev–Trinajstić information content (AvgIpc) is 2.45. The van der Waals surface area contributed by atoms with Crippen LogP contribution in [0.4, 0.5) is 5.82 Å². The molecule has 1 N–H and O–H groups in total. The van der Waals surface area contributed by atoms with Gasteiger partial charge in [-0.3, -0.25) is 0 Å². The van der Waals surface area contributed by atoms with Gasteiger partial charge in [-0.25, -0.2) is 4.98 Å². The Labute approximate surface area is 116 Å². The van der Waals surface area contributed by atoms with Crippen LogP contribution in [0.25, 0.3) is 0 Å². The maximum atomic E-state index is 4.62. The molecule has 0 aliphatic carbocycles. The molecule has 4 nitrogen and oxygen atoms in total. The highest BCUT2D eigenvalue weighted by atomic mass is 15.3. The molecule has 0 bridgehead atoms. The molecule has 0 saturated carbocycles. The standard InChI is InChI=1S/C15H26N4/c1-4-7-16-13(2)14-6-5-8-17-15(14)19-11-9-18(3)10-12-19/h5-6,8,13,16H,4,7,9-12H2,1-3H3. The summed E-state index contributed by atoms with van der Waals surface area (Å²) in [6, 6.07) is 4.61. The lowest BCUT2D eigenvalue weighted by Gasteiger charge is -2.35. The predicted molar refractivity (Wildman–Crippen MR) is 80.7 cm³/mol. The summed E-state index contributed by atoms with van der Waals surface area (Å²) in [7, 11) is 2.18. The third kappa shape index (κ3) is 3.67. The molecule has 1 aliphatic rings. The van der Waals surface area contributed by atoms with Gasteiger partial charge in [0.2, 0.25) is 0 Å². The topological polar surface area (TPSA) is 31.4 Å². The quantitative estimate of drug-likeness (QED) is 0.878. The molecule has 106 valence electrons. The van der Waals surface area contributed by atoms with Crippen molar-refractivity contribution in [3.05, 3.63) is 23.9 Å². The van der Waals surface area contributed by atoms with Crippen LogP contribution in [0.15, 0.2) is 18.3 Å². The fraction of sp³-hybridized carbons (Fsp3) is 0.667. The van der Waals surface area contributed by atoms with Crippen LogP contribution in [0.5, 0.6) is 0 Å². The lowest BCUT2D eigenvalue weighted by atomic mass is 10.1. The molecule has 0 amide bonds. The molecular formula is C15H26N4. The number of likely N-dealkylation sites (N-methyl/N-ethyl adjacent to an activating group) is 1. The number of rotatable bonds is 5. The summed E-state index contributed by atoms with van der Waals surface area (Å²) in [6.45, 7) is 9.86. The highest BCUT2D eigenvalue weighted by molar-refractivity contribution is 5.48. The second-order valence-electron chi connectivity index (χ2n) is 5.38. The van der Waals surface area contributed by atoms with Gasteiger partial charge in [0, 0.05) is 44.0 Å². The van der Waals surface area contributed by atoms with Gasteiger partial charge in [-0.05, 0) is 33.0 Å². The Morgan fingerprint density at radius 3 is 2.74 bits per heavy atom. The van der Waals surface area contributed by atoms with E-state index in [9.17, 15) is 0 Å². The van der Waals surface area contributed by atoms with Crippen molar-refractivity contribution in [2.75, 3.05) is 44.7 Å². The first-order valence-corrected chi connectivity index (χ1v) is 7.34. The third-order valence-corrected chi connectivity index (χ3v) is 3.79. The van der Waals surface area contributed by atoms with Gasteiger partial charge in [0.05, 0.1) is 0 Å². The van der Waals surface area contributed by atoms with E-state index in [0.717, 1.165) is 45.0 Å². The molecule has 1 atom stereocenters. The first-order chi connectivity index (χ1) is 9.22. The van der Waals surface area contributed by atoms with Crippen LogP contribution in [-0.2, 0) is 0 Å². The van der Waals surface area contributed by atoms with E-state index in [1.165, 1.54) is 5.56 Å². The Kier molecular flexibility index (Phi) is 5.16. The van der Waals surface area contributed by atoms with Gasteiger partial charge in [0.15, 0.2) is 0 Å². The summed E-state index contributed by atoms with van der Waals surface area (Å²) in [5.74, 6) is 1.16. The molecule has 0 aromatic carbocycles. The monoisotopic (exact) mass is 262 g/mol. The number of nitrogens with one attached hydrogen (secondary N) is 1. The van der Waals surface area contributed by atoms with Crippen molar-refractivity contribution in [2.45, 2.75) is 26.3 Å². The zero-order valence-electron chi connectivity index (χ0n) is 12.4. The fourth-order valence-corrected chi connectivity index (χ4v) is 2.50. The molecule has 1 aromatic rings. The van der Waals surface area contributed by atoms with Crippen molar-refractivity contribution in [2.24, 2.45) is 0 Å². The van der Waals surface area contributed by atoms with Gasteiger partial charge in [0.25, 0.3) is 0 Å². The fourth-order valence-electron chi connectivity index (χ4n) is 2.50. The van der Waals surface area contributed by atoms with Gasteiger partial charge in [0.1, 0.15) is 5.82 Å². The van der Waals surface area contributed by atoms with Crippen molar-refractivity contribution < 1.29 is 0 Å². The number of anilines is 1. The largest absolute Gasteiger partial charge is 0.354 e. The molecule has 1 aliphatic heterocycles. The number of aromatic nitrogens is 1. The van der Waals surface area contributed by atoms with Crippen molar-refractivity contribution in [1.29, 1.82) is 0 Å². The van der Waals surface area contributed by atoms with Gasteiger partial charge in [-0.1, -0.05) is 13.0 Å². The summed E-state index contributed by atoms with van der Waals surface area (Å²) in [5.41, 5.74) is 1.32. The first kappa shape index (κ1) is 14.3. The van der Waals surface area contributed by atoms with Crippen LogP contribution in [-0.4, -0.2) is 49.7 Å². The van der Waals surface area contributed by atoms with Crippen LogP contribution in [0.3, 0.4) is 0 Å². The van der Waals surface area contributed by atoms with Crippen molar-refractivity contribution in [1.82, 2.24) is 15.2 Å². The van der Waals surface area contributed by atoms with E-state index in [2.05, 4.69) is 47.1 Å². The number of piperazine rings is 1. The van der Waals surface area contributed by atoms with E-state index >= 15 is 0 Å². The third-order valence-electron chi connectivity index (χ3n) is 3.79. The number of nitrogens with zero attached hydrogens (tertiary/aromatic N) is 3. The molecule has 2 heterocycles. The number of hydrogen-bond donors (Lipinski definition) is 1. The summed E-state index contributed by atoms with van der Waals surface area (Å²) in [6.07, 6.45) is 3.07. The summed E-state index contributed by atoms with van der Waals surface area (Å²) in [4.78, 5) is 9.41. The highest BCUT2D eigenvalue weighted by Gasteiger charge is 2.19. The maximum absolute atomic E-state index is 4.62. The smallest absolute Gasteiger partial charge is 0.133 e. The van der Waals surface area contributed by atoms with E-state index in [1.54, 1.807) is 0 Å². The first-order valence-electron chi connectivity index (χ1n) is 7.34. The highest BCUT2D eigenvalue weighted by Crippen LogP contribution is 2.24. The lowest BCUT2D eigenvalue weighted by Crippen LogP contribution is -2.45. The number of pyridine rings is 1. The minimum absolute atomic E-state index is 0.364. The zero-order chi connectivity index (χ0) is 13.7. The summed E-state index contributed by atoms with van der Waals surface area (Å²) >= 11 is 0. The van der Waals surface area contributed by atoms with Crippen LogP contribution in [0.2, 0.25) is 0 Å². The SMILES string of the molecule is CCCNC(C)c1cccnc1N1CCN(C)CC1. The Hall–Kier alpha value is -1.13. The van der Waals surface area contributed by atoms with E-state index in [1.807, 2.05) is 12.3 Å². The molecule has 4 heteroatoms. The molecule has 1 fully saturated rings.